The van der Waals surface area contributed by atoms with Crippen molar-refractivity contribution in [3.05, 3.63) is 24.3 Å². The number of hydrogen-bond donors (Lipinski definition) is 1. The molecule has 24 heavy (non-hydrogen) atoms. The lowest BCUT2D eigenvalue weighted by Crippen LogP contribution is -2.29. The number of carbonyl (C=O) groups is 2. The highest BCUT2D eigenvalue weighted by Crippen LogP contribution is 2.17. The van der Waals surface area contributed by atoms with Crippen molar-refractivity contribution in [2.45, 2.75) is 39.5 Å². The van der Waals surface area contributed by atoms with Crippen LogP contribution in [0.2, 0.25) is 0 Å². The third-order valence-electron chi connectivity index (χ3n) is 3.19. The minimum atomic E-state index is -0.162. The van der Waals surface area contributed by atoms with E-state index in [1.807, 2.05) is 6.92 Å². The van der Waals surface area contributed by atoms with Crippen molar-refractivity contribution >= 4 is 11.9 Å². The number of hydrogen-bond acceptors (Lipinski definition) is 5. The molecule has 1 rings (SSSR count). The zero-order valence-corrected chi connectivity index (χ0v) is 14.5. The Morgan fingerprint density at radius 1 is 0.917 bits per heavy atom. The molecule has 0 fully saturated rings. The van der Waals surface area contributed by atoms with Gasteiger partial charge >= 0.3 is 5.97 Å². The number of benzene rings is 1. The summed E-state index contributed by atoms with van der Waals surface area (Å²) < 4.78 is 15.6. The lowest BCUT2D eigenvalue weighted by atomic mass is 10.2. The van der Waals surface area contributed by atoms with Gasteiger partial charge in [0.25, 0.3) is 5.91 Å². The molecule has 0 atom stereocenters. The second-order valence-corrected chi connectivity index (χ2v) is 5.16. The van der Waals surface area contributed by atoms with Gasteiger partial charge in [0.05, 0.1) is 13.2 Å². The van der Waals surface area contributed by atoms with Crippen LogP contribution in [0.15, 0.2) is 24.3 Å². The van der Waals surface area contributed by atoms with Crippen molar-refractivity contribution in [2.75, 3.05) is 26.4 Å². The van der Waals surface area contributed by atoms with Gasteiger partial charge in [0, 0.05) is 13.0 Å². The third kappa shape index (κ3) is 9.02. The fourth-order valence-electron chi connectivity index (χ4n) is 2.03. The zero-order valence-electron chi connectivity index (χ0n) is 14.5. The van der Waals surface area contributed by atoms with Gasteiger partial charge in [-0.3, -0.25) is 9.59 Å². The van der Waals surface area contributed by atoms with E-state index in [4.69, 9.17) is 14.2 Å². The maximum atomic E-state index is 11.7. The quantitative estimate of drug-likeness (QED) is 0.469. The Hall–Kier alpha value is -2.24. The highest BCUT2D eigenvalue weighted by Gasteiger charge is 2.04. The lowest BCUT2D eigenvalue weighted by Gasteiger charge is -2.08. The van der Waals surface area contributed by atoms with Crippen LogP contribution in [-0.4, -0.2) is 38.2 Å². The van der Waals surface area contributed by atoms with Gasteiger partial charge in [0.1, 0.15) is 11.5 Å². The SMILES string of the molecule is CCOC(=O)CCCCCNC(=O)COc1ccc(OCC)cc1. The van der Waals surface area contributed by atoms with Gasteiger partial charge in [-0.05, 0) is 51.0 Å². The Kier molecular flexibility index (Phi) is 10.1. The van der Waals surface area contributed by atoms with Crippen molar-refractivity contribution in [1.82, 2.24) is 5.32 Å². The molecule has 134 valence electrons. The van der Waals surface area contributed by atoms with E-state index in [0.29, 0.717) is 31.9 Å². The van der Waals surface area contributed by atoms with Crippen LogP contribution < -0.4 is 14.8 Å². The summed E-state index contributed by atoms with van der Waals surface area (Å²) in [5.41, 5.74) is 0. The molecule has 6 heteroatoms. The molecular weight excluding hydrogens is 310 g/mol. The molecular formula is C18H27NO5. The maximum absolute atomic E-state index is 11.7. The van der Waals surface area contributed by atoms with E-state index in [0.717, 1.165) is 25.0 Å². The van der Waals surface area contributed by atoms with Crippen LogP contribution in [0, 0.1) is 0 Å². The molecule has 0 aromatic heterocycles. The Morgan fingerprint density at radius 3 is 2.21 bits per heavy atom. The maximum Gasteiger partial charge on any atom is 0.305 e. The second-order valence-electron chi connectivity index (χ2n) is 5.16. The molecule has 0 aliphatic carbocycles. The van der Waals surface area contributed by atoms with Gasteiger partial charge in [0.15, 0.2) is 6.61 Å². The Bertz CT molecular complexity index is 487. The number of ether oxygens (including phenoxy) is 3. The van der Waals surface area contributed by atoms with Crippen molar-refractivity contribution < 1.29 is 23.8 Å². The van der Waals surface area contributed by atoms with E-state index in [2.05, 4.69) is 5.32 Å². The van der Waals surface area contributed by atoms with Gasteiger partial charge < -0.3 is 19.5 Å². The van der Waals surface area contributed by atoms with E-state index < -0.39 is 0 Å². The van der Waals surface area contributed by atoms with E-state index in [-0.39, 0.29) is 18.5 Å². The first kappa shape index (κ1) is 19.8. The average molecular weight is 337 g/mol. The number of esters is 1. The number of amides is 1. The molecule has 0 bridgehead atoms. The van der Waals surface area contributed by atoms with E-state index in [9.17, 15) is 9.59 Å². The number of nitrogens with one attached hydrogen (secondary N) is 1. The molecule has 0 aliphatic rings. The van der Waals surface area contributed by atoms with Gasteiger partial charge in [-0.15, -0.1) is 0 Å². The van der Waals surface area contributed by atoms with Crippen molar-refractivity contribution in [1.29, 1.82) is 0 Å². The highest BCUT2D eigenvalue weighted by molar-refractivity contribution is 5.77. The Balaban J connectivity index is 2.06. The highest BCUT2D eigenvalue weighted by atomic mass is 16.5. The summed E-state index contributed by atoms with van der Waals surface area (Å²) in [5.74, 6) is 1.08. The lowest BCUT2D eigenvalue weighted by molar-refractivity contribution is -0.143. The Labute approximate surface area is 143 Å². The van der Waals surface area contributed by atoms with Crippen LogP contribution in [0.5, 0.6) is 11.5 Å². The standard InChI is InChI=1S/C18H27NO5/c1-3-22-15-9-11-16(12-10-15)24-14-17(20)19-13-7-5-6-8-18(21)23-4-2/h9-12H,3-8,13-14H2,1-2H3,(H,19,20). The average Bonchev–Trinajstić information content (AvgIpc) is 2.58. The molecule has 0 saturated heterocycles. The molecule has 0 aliphatic heterocycles. The van der Waals surface area contributed by atoms with Crippen LogP contribution in [0.25, 0.3) is 0 Å². The summed E-state index contributed by atoms with van der Waals surface area (Å²) in [7, 11) is 0. The fourth-order valence-corrected chi connectivity index (χ4v) is 2.03. The molecule has 1 aromatic rings. The largest absolute Gasteiger partial charge is 0.494 e. The molecule has 1 amide bonds. The summed E-state index contributed by atoms with van der Waals surface area (Å²) in [6, 6.07) is 7.15. The zero-order chi connectivity index (χ0) is 17.6. The summed E-state index contributed by atoms with van der Waals surface area (Å²) in [6.07, 6.45) is 2.91. The predicted molar refractivity (Wildman–Crippen MR) is 91.2 cm³/mol. The van der Waals surface area contributed by atoms with Gasteiger partial charge in [-0.25, -0.2) is 0 Å². The second kappa shape index (κ2) is 12.2. The fraction of sp³-hybridized carbons (Fsp3) is 0.556. The van der Waals surface area contributed by atoms with Crippen LogP contribution >= 0.6 is 0 Å². The molecule has 6 nitrogen and oxygen atoms in total. The topological polar surface area (TPSA) is 73.9 Å². The molecule has 0 radical (unpaired) electrons. The number of rotatable bonds is 12. The normalized spacial score (nSPS) is 10.1. The van der Waals surface area contributed by atoms with Crippen molar-refractivity contribution in [2.24, 2.45) is 0 Å². The van der Waals surface area contributed by atoms with Crippen LogP contribution in [0.3, 0.4) is 0 Å². The van der Waals surface area contributed by atoms with Crippen molar-refractivity contribution in [3.63, 3.8) is 0 Å². The van der Waals surface area contributed by atoms with Crippen LogP contribution in [0.4, 0.5) is 0 Å². The Morgan fingerprint density at radius 2 is 1.58 bits per heavy atom. The molecule has 0 unspecified atom stereocenters. The van der Waals surface area contributed by atoms with Crippen LogP contribution in [0.1, 0.15) is 39.5 Å². The number of carbonyl (C=O) groups excluding carboxylic acids is 2. The van der Waals surface area contributed by atoms with E-state index in [1.165, 1.54) is 0 Å². The first-order valence-corrected chi connectivity index (χ1v) is 8.43. The minimum Gasteiger partial charge on any atom is -0.494 e. The first-order valence-electron chi connectivity index (χ1n) is 8.43. The van der Waals surface area contributed by atoms with Gasteiger partial charge in [-0.2, -0.15) is 0 Å². The first-order chi connectivity index (χ1) is 11.7. The summed E-state index contributed by atoms with van der Waals surface area (Å²) >= 11 is 0. The van der Waals surface area contributed by atoms with Gasteiger partial charge in [0.2, 0.25) is 0 Å². The molecule has 1 N–H and O–H groups in total. The molecule has 0 heterocycles. The van der Waals surface area contributed by atoms with E-state index >= 15 is 0 Å². The molecule has 0 saturated carbocycles. The van der Waals surface area contributed by atoms with Crippen LogP contribution in [-0.2, 0) is 14.3 Å². The smallest absolute Gasteiger partial charge is 0.305 e. The summed E-state index contributed by atoms with van der Waals surface area (Å²) in [5, 5.41) is 2.79. The van der Waals surface area contributed by atoms with E-state index in [1.54, 1.807) is 31.2 Å². The van der Waals surface area contributed by atoms with Crippen molar-refractivity contribution in [3.8, 4) is 11.5 Å². The third-order valence-corrected chi connectivity index (χ3v) is 3.19. The minimum absolute atomic E-state index is 0.0171. The van der Waals surface area contributed by atoms with Gasteiger partial charge in [-0.1, -0.05) is 6.42 Å². The molecule has 0 spiro atoms. The summed E-state index contributed by atoms with van der Waals surface area (Å²) in [4.78, 5) is 22.8. The number of unbranched alkanes of at least 4 members (excludes halogenated alkanes) is 2. The monoisotopic (exact) mass is 337 g/mol. The molecule has 1 aromatic carbocycles. The predicted octanol–water partition coefficient (Wildman–Crippen LogP) is 2.70. The summed E-state index contributed by atoms with van der Waals surface area (Å²) in [6.45, 7) is 5.31.